The van der Waals surface area contributed by atoms with E-state index in [-0.39, 0.29) is 18.9 Å². The molecule has 0 unspecified atom stereocenters. The number of carbonyl (C=O) groups excluding carboxylic acids is 2. The number of anilines is 1. The van der Waals surface area contributed by atoms with Gasteiger partial charge in [0.05, 0.1) is 6.61 Å². The fourth-order valence-electron chi connectivity index (χ4n) is 2.30. The summed E-state index contributed by atoms with van der Waals surface area (Å²) in [5, 5.41) is 8.77. The molecule has 0 saturated carbocycles. The Morgan fingerprint density at radius 1 is 1.10 bits per heavy atom. The molecule has 1 aliphatic rings. The van der Waals surface area contributed by atoms with Crippen LogP contribution in [-0.2, 0) is 4.79 Å². The number of carbonyl (C=O) groups is 2. The minimum atomic E-state index is -0.434. The highest BCUT2D eigenvalue weighted by Crippen LogP contribution is 2.17. The van der Waals surface area contributed by atoms with Crippen molar-refractivity contribution < 1.29 is 14.7 Å². The van der Waals surface area contributed by atoms with Gasteiger partial charge in [-0.05, 0) is 24.3 Å². The van der Waals surface area contributed by atoms with Gasteiger partial charge in [0.25, 0.3) is 0 Å². The van der Waals surface area contributed by atoms with Crippen LogP contribution in [0.15, 0.2) is 24.3 Å². The molecule has 0 aliphatic carbocycles. The molecule has 6 nitrogen and oxygen atoms in total. The fourth-order valence-corrected chi connectivity index (χ4v) is 2.30. The van der Waals surface area contributed by atoms with E-state index in [0.29, 0.717) is 18.7 Å². The second kappa shape index (κ2) is 6.38. The lowest BCUT2D eigenvalue weighted by atomic mass is 10.1. The molecule has 6 heteroatoms. The summed E-state index contributed by atoms with van der Waals surface area (Å²) in [4.78, 5) is 26.6. The van der Waals surface area contributed by atoms with Gasteiger partial charge in [0.1, 0.15) is 0 Å². The van der Waals surface area contributed by atoms with E-state index in [1.807, 2.05) is 12.1 Å². The highest BCUT2D eigenvalue weighted by Gasteiger charge is 2.20. The number of hydrogen-bond donors (Lipinski definition) is 2. The minimum Gasteiger partial charge on any atom is -0.396 e. The minimum absolute atomic E-state index is 0.00349. The zero-order valence-corrected chi connectivity index (χ0v) is 11.3. The van der Waals surface area contributed by atoms with E-state index in [1.54, 1.807) is 17.0 Å². The number of nitrogens with two attached hydrogens (primary N) is 1. The molecule has 0 bridgehead atoms. The lowest BCUT2D eigenvalue weighted by Gasteiger charge is -2.36. The van der Waals surface area contributed by atoms with Crippen LogP contribution in [0.3, 0.4) is 0 Å². The van der Waals surface area contributed by atoms with Crippen LogP contribution in [0.5, 0.6) is 0 Å². The highest BCUT2D eigenvalue weighted by atomic mass is 16.3. The van der Waals surface area contributed by atoms with Crippen LogP contribution >= 0.6 is 0 Å². The van der Waals surface area contributed by atoms with Crippen LogP contribution in [0, 0.1) is 0 Å². The highest BCUT2D eigenvalue weighted by molar-refractivity contribution is 5.93. The number of piperazine rings is 1. The molecule has 0 aromatic heterocycles. The van der Waals surface area contributed by atoms with Crippen molar-refractivity contribution in [3.8, 4) is 0 Å². The first-order chi connectivity index (χ1) is 9.61. The normalized spacial score (nSPS) is 15.2. The van der Waals surface area contributed by atoms with Crippen LogP contribution in [0.2, 0.25) is 0 Å². The summed E-state index contributed by atoms with van der Waals surface area (Å²) in [7, 11) is 0. The number of hydrogen-bond acceptors (Lipinski definition) is 4. The Morgan fingerprint density at radius 2 is 1.70 bits per heavy atom. The van der Waals surface area contributed by atoms with Crippen molar-refractivity contribution in [2.75, 3.05) is 37.7 Å². The van der Waals surface area contributed by atoms with Crippen molar-refractivity contribution in [2.45, 2.75) is 6.42 Å². The Hall–Kier alpha value is -2.08. The fraction of sp³-hybridized carbons (Fsp3) is 0.429. The second-order valence-electron chi connectivity index (χ2n) is 4.75. The molecular formula is C14H19N3O3. The molecule has 108 valence electrons. The summed E-state index contributed by atoms with van der Waals surface area (Å²) in [5.74, 6) is -0.438. The Morgan fingerprint density at radius 3 is 2.20 bits per heavy atom. The molecule has 2 amide bonds. The first-order valence-electron chi connectivity index (χ1n) is 6.65. The maximum absolute atomic E-state index is 11.7. The number of primary amides is 1. The van der Waals surface area contributed by atoms with Crippen molar-refractivity contribution in [2.24, 2.45) is 5.73 Å². The third kappa shape index (κ3) is 3.27. The number of nitrogens with zero attached hydrogens (tertiary/aromatic N) is 2. The maximum Gasteiger partial charge on any atom is 0.248 e. The monoisotopic (exact) mass is 277 g/mol. The predicted molar refractivity (Wildman–Crippen MR) is 75.5 cm³/mol. The molecule has 0 spiro atoms. The molecule has 1 heterocycles. The molecular weight excluding hydrogens is 258 g/mol. The van der Waals surface area contributed by atoms with Gasteiger partial charge in [-0.15, -0.1) is 0 Å². The topological polar surface area (TPSA) is 86.9 Å². The largest absolute Gasteiger partial charge is 0.396 e. The summed E-state index contributed by atoms with van der Waals surface area (Å²) >= 11 is 0. The molecule has 2 rings (SSSR count). The van der Waals surface area contributed by atoms with Crippen molar-refractivity contribution >= 4 is 17.5 Å². The quantitative estimate of drug-likeness (QED) is 0.799. The van der Waals surface area contributed by atoms with Gasteiger partial charge in [-0.1, -0.05) is 0 Å². The molecule has 3 N–H and O–H groups in total. The molecule has 1 saturated heterocycles. The average molecular weight is 277 g/mol. The van der Waals surface area contributed by atoms with Gasteiger partial charge in [-0.3, -0.25) is 9.59 Å². The number of aliphatic hydroxyl groups excluding tert-OH is 1. The Bertz CT molecular complexity index is 479. The predicted octanol–water partition coefficient (Wildman–Crippen LogP) is -0.183. The van der Waals surface area contributed by atoms with Crippen molar-refractivity contribution in [3.63, 3.8) is 0 Å². The van der Waals surface area contributed by atoms with Crippen LogP contribution in [0.1, 0.15) is 16.8 Å². The van der Waals surface area contributed by atoms with E-state index in [4.69, 9.17) is 10.8 Å². The Balaban J connectivity index is 1.93. The number of rotatable bonds is 4. The summed E-state index contributed by atoms with van der Waals surface area (Å²) in [6, 6.07) is 7.15. The SMILES string of the molecule is NC(=O)c1ccc(N2CCN(C(=O)CCO)CC2)cc1. The van der Waals surface area contributed by atoms with Crippen LogP contribution in [-0.4, -0.2) is 54.6 Å². The summed E-state index contributed by atoms with van der Waals surface area (Å²) < 4.78 is 0. The number of aliphatic hydroxyl groups is 1. The van der Waals surface area contributed by atoms with E-state index < -0.39 is 5.91 Å². The number of amides is 2. The third-order valence-electron chi connectivity index (χ3n) is 3.48. The smallest absolute Gasteiger partial charge is 0.248 e. The van der Waals surface area contributed by atoms with Gasteiger partial charge in [0.15, 0.2) is 0 Å². The Labute approximate surface area is 117 Å². The van der Waals surface area contributed by atoms with Gasteiger partial charge in [-0.2, -0.15) is 0 Å². The van der Waals surface area contributed by atoms with E-state index in [0.717, 1.165) is 18.8 Å². The van der Waals surface area contributed by atoms with Crippen LogP contribution in [0.25, 0.3) is 0 Å². The van der Waals surface area contributed by atoms with Gasteiger partial charge in [0, 0.05) is 43.9 Å². The maximum atomic E-state index is 11.7. The summed E-state index contributed by atoms with van der Waals surface area (Å²) in [6.07, 6.45) is 0.188. The molecule has 1 aliphatic heterocycles. The standard InChI is InChI=1S/C14H19N3O3/c15-14(20)11-1-3-12(4-2-11)16-6-8-17(9-7-16)13(19)5-10-18/h1-4,18H,5-10H2,(H2,15,20). The van der Waals surface area contributed by atoms with Crippen molar-refractivity contribution in [3.05, 3.63) is 29.8 Å². The second-order valence-corrected chi connectivity index (χ2v) is 4.75. The number of benzene rings is 1. The average Bonchev–Trinajstić information content (AvgIpc) is 2.48. The van der Waals surface area contributed by atoms with Gasteiger partial charge in [-0.25, -0.2) is 0 Å². The molecule has 0 radical (unpaired) electrons. The lowest BCUT2D eigenvalue weighted by molar-refractivity contribution is -0.132. The zero-order chi connectivity index (χ0) is 14.5. The summed E-state index contributed by atoms with van der Waals surface area (Å²) in [5.41, 5.74) is 6.71. The van der Waals surface area contributed by atoms with Gasteiger partial charge >= 0.3 is 0 Å². The molecule has 1 aromatic carbocycles. The van der Waals surface area contributed by atoms with Crippen molar-refractivity contribution in [1.82, 2.24) is 4.90 Å². The molecule has 1 aromatic rings. The zero-order valence-electron chi connectivity index (χ0n) is 11.3. The van der Waals surface area contributed by atoms with E-state index >= 15 is 0 Å². The Kier molecular flexibility index (Phi) is 4.57. The van der Waals surface area contributed by atoms with Gasteiger partial charge in [0.2, 0.25) is 11.8 Å². The summed E-state index contributed by atoms with van der Waals surface area (Å²) in [6.45, 7) is 2.68. The van der Waals surface area contributed by atoms with E-state index in [2.05, 4.69) is 4.90 Å². The van der Waals surface area contributed by atoms with Crippen LogP contribution in [0.4, 0.5) is 5.69 Å². The van der Waals surface area contributed by atoms with E-state index in [1.165, 1.54) is 0 Å². The van der Waals surface area contributed by atoms with Gasteiger partial charge < -0.3 is 20.6 Å². The lowest BCUT2D eigenvalue weighted by Crippen LogP contribution is -2.48. The third-order valence-corrected chi connectivity index (χ3v) is 3.48. The molecule has 20 heavy (non-hydrogen) atoms. The molecule has 1 fully saturated rings. The molecule has 0 atom stereocenters. The first kappa shape index (κ1) is 14.3. The van der Waals surface area contributed by atoms with E-state index in [9.17, 15) is 9.59 Å². The first-order valence-corrected chi connectivity index (χ1v) is 6.65. The van der Waals surface area contributed by atoms with Crippen molar-refractivity contribution in [1.29, 1.82) is 0 Å². The van der Waals surface area contributed by atoms with Crippen LogP contribution < -0.4 is 10.6 Å².